The van der Waals surface area contributed by atoms with Crippen LogP contribution in [0.15, 0.2) is 30.3 Å². The van der Waals surface area contributed by atoms with Gasteiger partial charge in [-0.2, -0.15) is 0 Å². The lowest BCUT2D eigenvalue weighted by molar-refractivity contribution is -0.142. The molecule has 0 saturated heterocycles. The summed E-state index contributed by atoms with van der Waals surface area (Å²) in [7, 11) is 0. The summed E-state index contributed by atoms with van der Waals surface area (Å²) in [5, 5.41) is 11.7. The van der Waals surface area contributed by atoms with Crippen LogP contribution in [0.5, 0.6) is 0 Å². The van der Waals surface area contributed by atoms with Crippen LogP contribution in [-0.2, 0) is 16.1 Å². The number of carbonyl (C=O) groups is 2. The monoisotopic (exact) mass is 277 g/mol. The van der Waals surface area contributed by atoms with Crippen molar-refractivity contribution in [2.75, 3.05) is 6.54 Å². The Hall–Kier alpha value is -2.04. The van der Waals surface area contributed by atoms with Gasteiger partial charge in [0.2, 0.25) is 0 Å². The van der Waals surface area contributed by atoms with Crippen molar-refractivity contribution in [1.82, 2.24) is 5.32 Å². The quantitative estimate of drug-likeness (QED) is 0.866. The maximum atomic E-state index is 11.6. The average Bonchev–Trinajstić information content (AvgIpc) is 2.92. The van der Waals surface area contributed by atoms with Crippen LogP contribution in [0.25, 0.3) is 0 Å². The summed E-state index contributed by atoms with van der Waals surface area (Å²) in [5.74, 6) is -1.10. The van der Waals surface area contributed by atoms with Crippen LogP contribution in [0.2, 0.25) is 0 Å². The third kappa shape index (κ3) is 3.98. The minimum Gasteiger partial charge on any atom is -0.481 e. The van der Waals surface area contributed by atoms with Gasteiger partial charge in [-0.15, -0.1) is 0 Å². The lowest BCUT2D eigenvalue weighted by atomic mass is 9.96. The van der Waals surface area contributed by atoms with Crippen molar-refractivity contribution in [3.8, 4) is 0 Å². The molecule has 1 fully saturated rings. The van der Waals surface area contributed by atoms with Gasteiger partial charge in [0.25, 0.3) is 0 Å². The highest BCUT2D eigenvalue weighted by Crippen LogP contribution is 2.31. The molecule has 2 N–H and O–H groups in total. The fraction of sp³-hybridized carbons (Fsp3) is 0.467. The molecular weight excluding hydrogens is 258 g/mol. The number of nitrogens with one attached hydrogen (secondary N) is 1. The molecule has 0 radical (unpaired) electrons. The highest BCUT2D eigenvalue weighted by Gasteiger charge is 2.32. The molecule has 0 aromatic heterocycles. The molecule has 0 heterocycles. The topological polar surface area (TPSA) is 75.6 Å². The van der Waals surface area contributed by atoms with Gasteiger partial charge < -0.3 is 15.2 Å². The van der Waals surface area contributed by atoms with Crippen molar-refractivity contribution >= 4 is 12.1 Å². The Morgan fingerprint density at radius 3 is 2.70 bits per heavy atom. The minimum atomic E-state index is -0.771. The Morgan fingerprint density at radius 1 is 1.25 bits per heavy atom. The van der Waals surface area contributed by atoms with E-state index >= 15 is 0 Å². The van der Waals surface area contributed by atoms with Gasteiger partial charge in [0, 0.05) is 6.54 Å². The second-order valence-corrected chi connectivity index (χ2v) is 5.08. The maximum absolute atomic E-state index is 11.6. The summed E-state index contributed by atoms with van der Waals surface area (Å²) in [5.41, 5.74) is 0.923. The van der Waals surface area contributed by atoms with E-state index in [1.165, 1.54) is 0 Å². The van der Waals surface area contributed by atoms with Gasteiger partial charge in [-0.05, 0) is 24.3 Å². The zero-order chi connectivity index (χ0) is 14.4. The van der Waals surface area contributed by atoms with Gasteiger partial charge in [0.15, 0.2) is 0 Å². The van der Waals surface area contributed by atoms with E-state index in [9.17, 15) is 9.59 Å². The van der Waals surface area contributed by atoms with Crippen LogP contribution in [0.3, 0.4) is 0 Å². The van der Waals surface area contributed by atoms with E-state index < -0.39 is 12.1 Å². The van der Waals surface area contributed by atoms with E-state index in [1.54, 1.807) is 0 Å². The molecule has 2 rings (SSSR count). The molecule has 108 valence electrons. The molecule has 5 heteroatoms. The molecule has 1 aromatic rings. The van der Waals surface area contributed by atoms with Gasteiger partial charge in [-0.25, -0.2) is 4.79 Å². The van der Waals surface area contributed by atoms with Crippen molar-refractivity contribution in [1.29, 1.82) is 0 Å². The van der Waals surface area contributed by atoms with E-state index in [0.717, 1.165) is 18.4 Å². The van der Waals surface area contributed by atoms with Crippen LogP contribution in [-0.4, -0.2) is 23.7 Å². The molecule has 0 aliphatic heterocycles. The van der Waals surface area contributed by atoms with Crippen molar-refractivity contribution < 1.29 is 19.4 Å². The van der Waals surface area contributed by atoms with Crippen molar-refractivity contribution in [2.24, 2.45) is 11.8 Å². The van der Waals surface area contributed by atoms with E-state index in [-0.39, 0.29) is 18.4 Å². The summed E-state index contributed by atoms with van der Waals surface area (Å²) in [6.45, 7) is 0.588. The van der Waals surface area contributed by atoms with Gasteiger partial charge in [-0.3, -0.25) is 4.79 Å². The van der Waals surface area contributed by atoms with Gasteiger partial charge in [0.1, 0.15) is 6.61 Å². The first-order valence-electron chi connectivity index (χ1n) is 6.84. The average molecular weight is 277 g/mol. The third-order valence-electron chi connectivity index (χ3n) is 3.70. The molecule has 0 bridgehead atoms. The van der Waals surface area contributed by atoms with E-state index in [4.69, 9.17) is 9.84 Å². The third-order valence-corrected chi connectivity index (χ3v) is 3.70. The fourth-order valence-corrected chi connectivity index (χ4v) is 2.59. The minimum absolute atomic E-state index is 0.0109. The summed E-state index contributed by atoms with van der Waals surface area (Å²) in [4.78, 5) is 22.6. The first kappa shape index (κ1) is 14.4. The largest absolute Gasteiger partial charge is 0.481 e. The lowest BCUT2D eigenvalue weighted by Gasteiger charge is -2.16. The van der Waals surface area contributed by atoms with Crippen LogP contribution in [0, 0.1) is 11.8 Å². The van der Waals surface area contributed by atoms with Crippen LogP contribution < -0.4 is 5.32 Å². The van der Waals surface area contributed by atoms with Gasteiger partial charge in [0.05, 0.1) is 5.92 Å². The van der Waals surface area contributed by atoms with Crippen LogP contribution in [0.1, 0.15) is 24.8 Å². The Kier molecular flexibility index (Phi) is 4.98. The van der Waals surface area contributed by atoms with Crippen molar-refractivity contribution in [3.63, 3.8) is 0 Å². The van der Waals surface area contributed by atoms with Crippen molar-refractivity contribution in [3.05, 3.63) is 35.9 Å². The normalized spacial score (nSPS) is 21.4. The second-order valence-electron chi connectivity index (χ2n) is 5.08. The van der Waals surface area contributed by atoms with E-state index in [2.05, 4.69) is 5.32 Å². The molecule has 0 spiro atoms. The van der Waals surface area contributed by atoms with Crippen LogP contribution in [0.4, 0.5) is 4.79 Å². The molecule has 0 unspecified atom stereocenters. The molecule has 2 atom stereocenters. The predicted octanol–water partition coefficient (Wildman–Crippen LogP) is 2.41. The number of aliphatic carboxylic acids is 1. The number of benzene rings is 1. The van der Waals surface area contributed by atoms with E-state index in [1.807, 2.05) is 30.3 Å². The number of alkyl carbamates (subject to hydrolysis) is 1. The summed E-state index contributed by atoms with van der Waals surface area (Å²) >= 11 is 0. The summed E-state index contributed by atoms with van der Waals surface area (Å²) in [6.07, 6.45) is 1.95. The van der Waals surface area contributed by atoms with Crippen molar-refractivity contribution in [2.45, 2.75) is 25.9 Å². The zero-order valence-corrected chi connectivity index (χ0v) is 11.2. The maximum Gasteiger partial charge on any atom is 0.407 e. The standard InChI is InChI=1S/C15H19NO4/c17-14(18)13-8-4-7-12(13)9-16-15(19)20-10-11-5-2-1-3-6-11/h1-3,5-6,12-13H,4,7-10H2,(H,16,19)(H,17,18)/t12-,13-/m0/s1. The number of carboxylic acids is 1. The van der Waals surface area contributed by atoms with Gasteiger partial charge >= 0.3 is 12.1 Å². The number of carbonyl (C=O) groups excluding carboxylic acids is 1. The molecule has 1 aliphatic carbocycles. The lowest BCUT2D eigenvalue weighted by Crippen LogP contribution is -2.33. The molecule has 1 amide bonds. The Bertz CT molecular complexity index is 460. The summed E-state index contributed by atoms with van der Waals surface area (Å²) < 4.78 is 5.09. The molecule has 1 saturated carbocycles. The SMILES string of the molecule is O=C(NC[C@@H]1CCC[C@@H]1C(=O)O)OCc1ccccc1. The highest BCUT2D eigenvalue weighted by molar-refractivity contribution is 5.71. The molecule has 20 heavy (non-hydrogen) atoms. The molecule has 1 aliphatic rings. The number of hydrogen-bond acceptors (Lipinski definition) is 3. The summed E-state index contributed by atoms with van der Waals surface area (Å²) in [6, 6.07) is 9.42. The van der Waals surface area contributed by atoms with Crippen LogP contribution >= 0.6 is 0 Å². The zero-order valence-electron chi connectivity index (χ0n) is 11.2. The predicted molar refractivity (Wildman–Crippen MR) is 73.1 cm³/mol. The smallest absolute Gasteiger partial charge is 0.407 e. The van der Waals surface area contributed by atoms with Gasteiger partial charge in [-0.1, -0.05) is 36.8 Å². The Balaban J connectivity index is 1.71. The first-order chi connectivity index (χ1) is 9.66. The fourth-order valence-electron chi connectivity index (χ4n) is 2.59. The second kappa shape index (κ2) is 6.93. The number of rotatable bonds is 5. The number of hydrogen-bond donors (Lipinski definition) is 2. The molecule has 1 aromatic carbocycles. The number of ether oxygens (including phenoxy) is 1. The molecular formula is C15H19NO4. The molecule has 5 nitrogen and oxygen atoms in total. The Labute approximate surface area is 117 Å². The number of amides is 1. The highest BCUT2D eigenvalue weighted by atomic mass is 16.5. The number of carboxylic acid groups (broad SMARTS) is 1. The Morgan fingerprint density at radius 2 is 2.00 bits per heavy atom. The van der Waals surface area contributed by atoms with E-state index in [0.29, 0.717) is 13.0 Å². The first-order valence-corrected chi connectivity index (χ1v) is 6.84.